The van der Waals surface area contributed by atoms with E-state index in [-0.39, 0.29) is 6.04 Å². The number of nitrogens with zero attached hydrogens (tertiary/aromatic N) is 2. The predicted octanol–water partition coefficient (Wildman–Crippen LogP) is 2.98. The molecule has 17 heavy (non-hydrogen) atoms. The molecule has 5 heteroatoms. The summed E-state index contributed by atoms with van der Waals surface area (Å²) >= 11 is 3.46. The molecule has 0 aliphatic carbocycles. The summed E-state index contributed by atoms with van der Waals surface area (Å²) in [7, 11) is 0. The van der Waals surface area contributed by atoms with E-state index in [2.05, 4.69) is 37.7 Å². The summed E-state index contributed by atoms with van der Waals surface area (Å²) in [6, 6.07) is 2.14. The molecule has 2 aromatic heterocycles. The standard InChI is InChI=1S/C12H16BrN3O/c1-10(12-11(13)3-8-17-12)15-4-2-6-16-7-5-14-9-16/h3,5,7-10,15H,2,4,6H2,1H3. The van der Waals surface area contributed by atoms with E-state index in [0.717, 1.165) is 29.7 Å². The summed E-state index contributed by atoms with van der Waals surface area (Å²) in [5.74, 6) is 0.952. The molecule has 0 amide bonds. The van der Waals surface area contributed by atoms with Crippen LogP contribution in [-0.2, 0) is 6.54 Å². The number of hydrogen-bond acceptors (Lipinski definition) is 3. The van der Waals surface area contributed by atoms with Gasteiger partial charge in [0.15, 0.2) is 0 Å². The average molecular weight is 298 g/mol. The van der Waals surface area contributed by atoms with Gasteiger partial charge in [0.2, 0.25) is 0 Å². The number of aromatic nitrogens is 2. The van der Waals surface area contributed by atoms with Gasteiger partial charge in [0.25, 0.3) is 0 Å². The van der Waals surface area contributed by atoms with E-state index < -0.39 is 0 Å². The number of nitrogens with one attached hydrogen (secondary N) is 1. The van der Waals surface area contributed by atoms with Crippen LogP contribution in [0.4, 0.5) is 0 Å². The van der Waals surface area contributed by atoms with Crippen molar-refractivity contribution in [2.24, 2.45) is 0 Å². The normalized spacial score (nSPS) is 12.8. The summed E-state index contributed by atoms with van der Waals surface area (Å²) in [6.45, 7) is 4.03. The van der Waals surface area contributed by atoms with E-state index >= 15 is 0 Å². The third-order valence-corrected chi connectivity index (χ3v) is 3.30. The second kappa shape index (κ2) is 6.02. The molecule has 0 bridgehead atoms. The Morgan fingerprint density at radius 3 is 3.12 bits per heavy atom. The minimum absolute atomic E-state index is 0.224. The molecule has 0 aliphatic rings. The summed E-state index contributed by atoms with van der Waals surface area (Å²) < 4.78 is 8.50. The smallest absolute Gasteiger partial charge is 0.134 e. The van der Waals surface area contributed by atoms with Crippen LogP contribution in [0.15, 0.2) is 39.9 Å². The predicted molar refractivity (Wildman–Crippen MR) is 69.7 cm³/mol. The number of imidazole rings is 1. The summed E-state index contributed by atoms with van der Waals surface area (Å²) in [5.41, 5.74) is 0. The fourth-order valence-corrected chi connectivity index (χ4v) is 2.25. The lowest BCUT2D eigenvalue weighted by molar-refractivity contribution is 0.422. The SMILES string of the molecule is CC(NCCCn1ccnc1)c1occc1Br. The number of rotatable bonds is 6. The Morgan fingerprint density at radius 2 is 2.47 bits per heavy atom. The molecule has 2 heterocycles. The first-order valence-corrected chi connectivity index (χ1v) is 6.48. The first-order valence-electron chi connectivity index (χ1n) is 5.69. The monoisotopic (exact) mass is 297 g/mol. The quantitative estimate of drug-likeness (QED) is 0.834. The fourth-order valence-electron chi connectivity index (χ4n) is 1.71. The van der Waals surface area contributed by atoms with Gasteiger partial charge in [-0.25, -0.2) is 4.98 Å². The fraction of sp³-hybridized carbons (Fsp3) is 0.417. The lowest BCUT2D eigenvalue weighted by Gasteiger charge is -2.12. The molecular weight excluding hydrogens is 282 g/mol. The van der Waals surface area contributed by atoms with Gasteiger partial charge in [-0.05, 0) is 41.9 Å². The van der Waals surface area contributed by atoms with Crippen molar-refractivity contribution in [3.05, 3.63) is 41.3 Å². The van der Waals surface area contributed by atoms with Gasteiger partial charge in [0.1, 0.15) is 5.76 Å². The van der Waals surface area contributed by atoms with Gasteiger partial charge in [-0.3, -0.25) is 0 Å². The highest BCUT2D eigenvalue weighted by Crippen LogP contribution is 2.23. The van der Waals surface area contributed by atoms with Crippen molar-refractivity contribution >= 4 is 15.9 Å². The second-order valence-corrected chi connectivity index (χ2v) is 4.82. The van der Waals surface area contributed by atoms with Crippen molar-refractivity contribution in [1.82, 2.24) is 14.9 Å². The highest BCUT2D eigenvalue weighted by Gasteiger charge is 2.11. The molecule has 92 valence electrons. The number of aryl methyl sites for hydroxylation is 1. The minimum Gasteiger partial charge on any atom is -0.466 e. The molecule has 0 aromatic carbocycles. The number of hydrogen-bond donors (Lipinski definition) is 1. The van der Waals surface area contributed by atoms with E-state index in [1.807, 2.05) is 18.6 Å². The Bertz CT molecular complexity index is 438. The molecule has 0 fully saturated rings. The van der Waals surface area contributed by atoms with Gasteiger partial charge in [-0.15, -0.1) is 0 Å². The van der Waals surface area contributed by atoms with Crippen molar-refractivity contribution in [1.29, 1.82) is 0 Å². The zero-order valence-corrected chi connectivity index (χ0v) is 11.4. The molecule has 1 unspecified atom stereocenters. The van der Waals surface area contributed by atoms with Crippen molar-refractivity contribution in [2.75, 3.05) is 6.54 Å². The topological polar surface area (TPSA) is 43.0 Å². The molecule has 4 nitrogen and oxygen atoms in total. The third-order valence-electron chi connectivity index (χ3n) is 2.64. The van der Waals surface area contributed by atoms with E-state index in [9.17, 15) is 0 Å². The van der Waals surface area contributed by atoms with Crippen LogP contribution >= 0.6 is 15.9 Å². The van der Waals surface area contributed by atoms with Crippen LogP contribution in [0.25, 0.3) is 0 Å². The number of halogens is 1. The van der Waals surface area contributed by atoms with Gasteiger partial charge >= 0.3 is 0 Å². The maximum absolute atomic E-state index is 5.40. The van der Waals surface area contributed by atoms with E-state index in [0.29, 0.717) is 0 Å². The maximum atomic E-state index is 5.40. The Morgan fingerprint density at radius 1 is 1.59 bits per heavy atom. The van der Waals surface area contributed by atoms with Crippen molar-refractivity contribution in [3.63, 3.8) is 0 Å². The van der Waals surface area contributed by atoms with E-state index in [4.69, 9.17) is 4.42 Å². The third kappa shape index (κ3) is 3.44. The van der Waals surface area contributed by atoms with E-state index in [1.165, 1.54) is 0 Å². The minimum atomic E-state index is 0.224. The molecule has 2 aromatic rings. The van der Waals surface area contributed by atoms with Crippen LogP contribution in [0.2, 0.25) is 0 Å². The zero-order valence-electron chi connectivity index (χ0n) is 9.77. The Labute approximate surface area is 109 Å². The molecule has 2 rings (SSSR count). The van der Waals surface area contributed by atoms with Crippen LogP contribution in [0.3, 0.4) is 0 Å². The molecule has 0 saturated carbocycles. The molecule has 0 radical (unpaired) electrons. The molecule has 0 aliphatic heterocycles. The maximum Gasteiger partial charge on any atom is 0.134 e. The highest BCUT2D eigenvalue weighted by atomic mass is 79.9. The Balaban J connectivity index is 1.70. The van der Waals surface area contributed by atoms with Gasteiger partial charge in [-0.2, -0.15) is 0 Å². The average Bonchev–Trinajstić information content (AvgIpc) is 2.95. The highest BCUT2D eigenvalue weighted by molar-refractivity contribution is 9.10. The lowest BCUT2D eigenvalue weighted by atomic mass is 10.2. The summed E-state index contributed by atoms with van der Waals surface area (Å²) in [4.78, 5) is 4.01. The van der Waals surface area contributed by atoms with Gasteiger partial charge in [-0.1, -0.05) is 0 Å². The first kappa shape index (κ1) is 12.4. The van der Waals surface area contributed by atoms with Crippen molar-refractivity contribution < 1.29 is 4.42 Å². The van der Waals surface area contributed by atoms with Crippen molar-refractivity contribution in [2.45, 2.75) is 25.9 Å². The Hall–Kier alpha value is -1.07. The molecule has 1 atom stereocenters. The van der Waals surface area contributed by atoms with Crippen LogP contribution in [0, 0.1) is 0 Å². The molecule has 0 spiro atoms. The molecule has 1 N–H and O–H groups in total. The lowest BCUT2D eigenvalue weighted by Crippen LogP contribution is -2.20. The van der Waals surface area contributed by atoms with Crippen LogP contribution < -0.4 is 5.32 Å². The molecule has 0 saturated heterocycles. The summed E-state index contributed by atoms with van der Waals surface area (Å²) in [5, 5.41) is 3.43. The van der Waals surface area contributed by atoms with Crippen LogP contribution in [0.1, 0.15) is 25.1 Å². The van der Waals surface area contributed by atoms with Crippen LogP contribution in [0.5, 0.6) is 0 Å². The zero-order chi connectivity index (χ0) is 12.1. The van der Waals surface area contributed by atoms with Gasteiger partial charge in [0, 0.05) is 18.9 Å². The summed E-state index contributed by atoms with van der Waals surface area (Å²) in [6.07, 6.45) is 8.39. The second-order valence-electron chi connectivity index (χ2n) is 3.96. The Kier molecular flexibility index (Phi) is 4.39. The van der Waals surface area contributed by atoms with Crippen LogP contribution in [-0.4, -0.2) is 16.1 Å². The first-order chi connectivity index (χ1) is 8.27. The van der Waals surface area contributed by atoms with Gasteiger partial charge in [0.05, 0.1) is 23.1 Å². The van der Waals surface area contributed by atoms with Gasteiger partial charge < -0.3 is 14.3 Å². The van der Waals surface area contributed by atoms with Crippen molar-refractivity contribution in [3.8, 4) is 0 Å². The largest absolute Gasteiger partial charge is 0.466 e. The number of furan rings is 1. The van der Waals surface area contributed by atoms with E-state index in [1.54, 1.807) is 12.5 Å². The molecular formula is C12H16BrN3O.